The minimum absolute atomic E-state index is 0.0111. The molecule has 18 heavy (non-hydrogen) atoms. The first-order valence-electron chi connectivity index (χ1n) is 6.32. The predicted octanol–water partition coefficient (Wildman–Crippen LogP) is 2.82. The highest BCUT2D eigenvalue weighted by Crippen LogP contribution is 2.17. The van der Waals surface area contributed by atoms with E-state index in [1.807, 2.05) is 11.6 Å². The van der Waals surface area contributed by atoms with Crippen molar-refractivity contribution in [3.8, 4) is 0 Å². The maximum atomic E-state index is 6.24. The van der Waals surface area contributed by atoms with Gasteiger partial charge in [-0.3, -0.25) is 4.68 Å². The highest BCUT2D eigenvalue weighted by Gasteiger charge is 2.12. The molecule has 0 saturated carbocycles. The third-order valence-electron chi connectivity index (χ3n) is 3.62. The van der Waals surface area contributed by atoms with E-state index in [9.17, 15) is 0 Å². The Labute approximate surface area is 109 Å². The van der Waals surface area contributed by atoms with Crippen LogP contribution in [0.3, 0.4) is 0 Å². The summed E-state index contributed by atoms with van der Waals surface area (Å²) in [5.41, 5.74) is 12.2. The second-order valence-corrected chi connectivity index (χ2v) is 5.00. The minimum atomic E-state index is -0.0111. The fraction of sp³-hybridized carbons (Fsp3) is 0.400. The number of nitrogens with two attached hydrogens (primary N) is 1. The second kappa shape index (κ2) is 4.94. The number of benzene rings is 1. The summed E-state index contributed by atoms with van der Waals surface area (Å²) in [6.45, 7) is 9.04. The lowest BCUT2D eigenvalue weighted by Gasteiger charge is -2.14. The lowest BCUT2D eigenvalue weighted by molar-refractivity contribution is 0.514. The Morgan fingerprint density at radius 1 is 1.11 bits per heavy atom. The van der Waals surface area contributed by atoms with Gasteiger partial charge in [-0.25, -0.2) is 0 Å². The number of hydrogen-bond donors (Lipinski definition) is 1. The Morgan fingerprint density at radius 2 is 1.72 bits per heavy atom. The van der Waals surface area contributed by atoms with Gasteiger partial charge in [-0.2, -0.15) is 5.10 Å². The van der Waals surface area contributed by atoms with Crippen molar-refractivity contribution < 1.29 is 0 Å². The lowest BCUT2D eigenvalue weighted by atomic mass is 10.1. The Morgan fingerprint density at radius 3 is 2.22 bits per heavy atom. The van der Waals surface area contributed by atoms with Gasteiger partial charge >= 0.3 is 0 Å². The van der Waals surface area contributed by atoms with E-state index in [2.05, 4.69) is 50.1 Å². The van der Waals surface area contributed by atoms with Gasteiger partial charge in [-0.05, 0) is 38.8 Å². The number of rotatable bonds is 3. The fourth-order valence-corrected chi connectivity index (χ4v) is 2.07. The van der Waals surface area contributed by atoms with Gasteiger partial charge in [-0.1, -0.05) is 29.8 Å². The molecule has 2 aromatic rings. The van der Waals surface area contributed by atoms with Gasteiger partial charge in [0.15, 0.2) is 0 Å². The summed E-state index contributed by atoms with van der Waals surface area (Å²) in [5, 5.41) is 4.53. The van der Waals surface area contributed by atoms with Crippen molar-refractivity contribution in [3.05, 3.63) is 52.3 Å². The number of hydrogen-bond acceptors (Lipinski definition) is 2. The van der Waals surface area contributed by atoms with E-state index in [4.69, 9.17) is 5.73 Å². The zero-order valence-corrected chi connectivity index (χ0v) is 11.6. The summed E-state index contributed by atoms with van der Waals surface area (Å²) in [4.78, 5) is 0. The highest BCUT2D eigenvalue weighted by atomic mass is 15.3. The molecule has 1 heterocycles. The summed E-state index contributed by atoms with van der Waals surface area (Å²) >= 11 is 0. The Bertz CT molecular complexity index is 538. The van der Waals surface area contributed by atoms with Crippen LogP contribution in [0.25, 0.3) is 0 Å². The van der Waals surface area contributed by atoms with Gasteiger partial charge in [0.05, 0.1) is 12.2 Å². The van der Waals surface area contributed by atoms with E-state index in [0.717, 1.165) is 17.8 Å². The Hall–Kier alpha value is -1.61. The molecule has 0 aliphatic carbocycles. The van der Waals surface area contributed by atoms with Gasteiger partial charge in [0, 0.05) is 11.7 Å². The van der Waals surface area contributed by atoms with E-state index < -0.39 is 0 Å². The van der Waals surface area contributed by atoms with Gasteiger partial charge in [0.1, 0.15) is 0 Å². The topological polar surface area (TPSA) is 43.8 Å². The monoisotopic (exact) mass is 243 g/mol. The van der Waals surface area contributed by atoms with E-state index in [1.54, 1.807) is 0 Å². The summed E-state index contributed by atoms with van der Waals surface area (Å²) < 4.78 is 2.01. The van der Waals surface area contributed by atoms with Crippen molar-refractivity contribution in [1.82, 2.24) is 9.78 Å². The maximum Gasteiger partial charge on any atom is 0.0625 e. The van der Waals surface area contributed by atoms with E-state index in [1.165, 1.54) is 16.8 Å². The second-order valence-electron chi connectivity index (χ2n) is 5.00. The smallest absolute Gasteiger partial charge is 0.0625 e. The van der Waals surface area contributed by atoms with Crippen LogP contribution >= 0.6 is 0 Å². The van der Waals surface area contributed by atoms with Crippen molar-refractivity contribution in [2.75, 3.05) is 0 Å². The van der Waals surface area contributed by atoms with Gasteiger partial charge in [-0.15, -0.1) is 0 Å². The molecule has 0 radical (unpaired) electrons. The quantitative estimate of drug-likeness (QED) is 0.901. The van der Waals surface area contributed by atoms with E-state index in [-0.39, 0.29) is 6.04 Å². The molecule has 1 unspecified atom stereocenters. The van der Waals surface area contributed by atoms with Crippen LogP contribution in [0, 0.1) is 27.7 Å². The van der Waals surface area contributed by atoms with E-state index in [0.29, 0.717) is 0 Å². The van der Waals surface area contributed by atoms with Crippen LogP contribution in [0.2, 0.25) is 0 Å². The zero-order chi connectivity index (χ0) is 13.3. The molecule has 0 saturated heterocycles. The van der Waals surface area contributed by atoms with Crippen LogP contribution in [-0.2, 0) is 6.54 Å². The Balaban J connectivity index is 2.18. The maximum absolute atomic E-state index is 6.24. The molecule has 1 aromatic carbocycles. The summed E-state index contributed by atoms with van der Waals surface area (Å²) in [7, 11) is 0. The van der Waals surface area contributed by atoms with Crippen LogP contribution < -0.4 is 5.73 Å². The molecule has 2 rings (SSSR count). The standard InChI is InChI=1S/C15H21N3/c1-10-5-7-14(8-6-10)15(16)9-18-13(4)11(2)12(3)17-18/h5-8,15H,9,16H2,1-4H3. The molecule has 0 fully saturated rings. The summed E-state index contributed by atoms with van der Waals surface area (Å²) in [6, 6.07) is 8.38. The summed E-state index contributed by atoms with van der Waals surface area (Å²) in [6.07, 6.45) is 0. The molecule has 3 heteroatoms. The molecule has 0 amide bonds. The van der Waals surface area contributed by atoms with Crippen LogP contribution in [0.1, 0.15) is 34.1 Å². The van der Waals surface area contributed by atoms with Crippen LogP contribution in [-0.4, -0.2) is 9.78 Å². The first-order chi connectivity index (χ1) is 8.49. The number of aryl methyl sites for hydroxylation is 2. The Kier molecular flexibility index (Phi) is 3.53. The molecule has 1 aromatic heterocycles. The average molecular weight is 243 g/mol. The molecule has 0 bridgehead atoms. The molecule has 2 N–H and O–H groups in total. The van der Waals surface area contributed by atoms with Gasteiger partial charge in [0.25, 0.3) is 0 Å². The first-order valence-corrected chi connectivity index (χ1v) is 6.32. The zero-order valence-electron chi connectivity index (χ0n) is 11.6. The number of nitrogens with zero attached hydrogens (tertiary/aromatic N) is 2. The highest BCUT2D eigenvalue weighted by molar-refractivity contribution is 5.25. The van der Waals surface area contributed by atoms with Crippen molar-refractivity contribution in [3.63, 3.8) is 0 Å². The molecule has 96 valence electrons. The minimum Gasteiger partial charge on any atom is -0.322 e. The third kappa shape index (κ3) is 2.46. The van der Waals surface area contributed by atoms with Crippen molar-refractivity contribution in [2.24, 2.45) is 5.73 Å². The van der Waals surface area contributed by atoms with Crippen molar-refractivity contribution in [1.29, 1.82) is 0 Å². The molecular formula is C15H21N3. The molecule has 0 aliphatic rings. The largest absolute Gasteiger partial charge is 0.322 e. The fourth-order valence-electron chi connectivity index (χ4n) is 2.07. The molecule has 1 atom stereocenters. The van der Waals surface area contributed by atoms with Gasteiger partial charge in [0.2, 0.25) is 0 Å². The number of aromatic nitrogens is 2. The predicted molar refractivity (Wildman–Crippen MR) is 74.5 cm³/mol. The first kappa shape index (κ1) is 12.8. The third-order valence-corrected chi connectivity index (χ3v) is 3.62. The van der Waals surface area contributed by atoms with Crippen molar-refractivity contribution >= 4 is 0 Å². The lowest BCUT2D eigenvalue weighted by Crippen LogP contribution is -2.19. The van der Waals surface area contributed by atoms with Crippen LogP contribution in [0.4, 0.5) is 0 Å². The normalized spacial score (nSPS) is 12.7. The van der Waals surface area contributed by atoms with Crippen LogP contribution in [0.15, 0.2) is 24.3 Å². The SMILES string of the molecule is Cc1ccc(C(N)Cn2nc(C)c(C)c2C)cc1. The molecule has 0 spiro atoms. The molecular weight excluding hydrogens is 222 g/mol. The average Bonchev–Trinajstić information content (AvgIpc) is 2.58. The molecule has 3 nitrogen and oxygen atoms in total. The van der Waals surface area contributed by atoms with Crippen molar-refractivity contribution in [2.45, 2.75) is 40.3 Å². The summed E-state index contributed by atoms with van der Waals surface area (Å²) in [5.74, 6) is 0. The van der Waals surface area contributed by atoms with Gasteiger partial charge < -0.3 is 5.73 Å². The molecule has 0 aliphatic heterocycles. The van der Waals surface area contributed by atoms with Crippen LogP contribution in [0.5, 0.6) is 0 Å². The van der Waals surface area contributed by atoms with E-state index >= 15 is 0 Å².